The third kappa shape index (κ3) is 11.9. The van der Waals surface area contributed by atoms with Gasteiger partial charge >= 0.3 is 17.8 Å². The smallest absolute Gasteiger partial charge is 0.337 e. The second-order valence-corrected chi connectivity index (χ2v) is 10.6. The molecule has 0 aliphatic carbocycles. The summed E-state index contributed by atoms with van der Waals surface area (Å²) in [6, 6.07) is 0. The highest BCUT2D eigenvalue weighted by molar-refractivity contribution is 5.90. The van der Waals surface area contributed by atoms with Gasteiger partial charge in [-0.3, -0.25) is 9.59 Å². The minimum absolute atomic E-state index is 0.225. The maximum atomic E-state index is 15.0. The van der Waals surface area contributed by atoms with Crippen molar-refractivity contribution < 1.29 is 35.9 Å². The number of carbonyl (C=O) groups excluding carboxylic acids is 2. The normalized spacial score (nSPS) is 12.6. The molecule has 39 heavy (non-hydrogen) atoms. The molecule has 232 valence electrons. The summed E-state index contributed by atoms with van der Waals surface area (Å²) in [5.74, 6) is -22.3. The molecule has 0 rings (SSSR count). The molecular formula is C29H52F6N2O2. The van der Waals surface area contributed by atoms with Crippen LogP contribution in [-0.2, 0) is 9.59 Å². The lowest BCUT2D eigenvalue weighted by atomic mass is 10.0. The van der Waals surface area contributed by atoms with Gasteiger partial charge in [-0.1, -0.05) is 105 Å². The molecule has 0 saturated carbocycles. The topological polar surface area (TPSA) is 40.6 Å². The van der Waals surface area contributed by atoms with Gasteiger partial charge in [0.2, 0.25) is 0 Å². The molecule has 0 aliphatic rings. The number of unbranched alkanes of at least 4 members (excludes halogenated alkanes) is 12. The molecule has 0 aromatic heterocycles. The maximum absolute atomic E-state index is 15.0. The van der Waals surface area contributed by atoms with Crippen molar-refractivity contribution in [2.45, 2.75) is 148 Å². The van der Waals surface area contributed by atoms with Crippen molar-refractivity contribution >= 4 is 11.8 Å². The first kappa shape index (κ1) is 37.5. The summed E-state index contributed by atoms with van der Waals surface area (Å²) >= 11 is 0. The fourth-order valence-corrected chi connectivity index (χ4v) is 4.41. The molecule has 10 heteroatoms. The van der Waals surface area contributed by atoms with Gasteiger partial charge in [-0.25, -0.2) is 0 Å². The fraction of sp³-hybridized carbons (Fsp3) is 0.931. The van der Waals surface area contributed by atoms with Crippen molar-refractivity contribution in [3.8, 4) is 0 Å². The molecule has 0 N–H and O–H groups in total. The van der Waals surface area contributed by atoms with Crippen LogP contribution < -0.4 is 0 Å². The van der Waals surface area contributed by atoms with E-state index < -0.39 is 29.6 Å². The molecule has 0 aromatic rings. The van der Waals surface area contributed by atoms with Crippen LogP contribution in [0.15, 0.2) is 0 Å². The Labute approximate surface area is 232 Å². The largest absolute Gasteiger partial charge is 0.393 e. The summed E-state index contributed by atoms with van der Waals surface area (Å²) in [6.45, 7) is 6.82. The molecule has 4 nitrogen and oxygen atoms in total. The van der Waals surface area contributed by atoms with Gasteiger partial charge in [-0.15, -0.1) is 0 Å². The van der Waals surface area contributed by atoms with Crippen molar-refractivity contribution in [3.05, 3.63) is 0 Å². The highest BCUT2D eigenvalue weighted by Crippen LogP contribution is 2.47. The molecular weight excluding hydrogens is 522 g/mol. The molecule has 0 spiro atoms. The zero-order valence-electron chi connectivity index (χ0n) is 24.6. The Kier molecular flexibility index (Phi) is 18.8. The van der Waals surface area contributed by atoms with E-state index in [0.717, 1.165) is 51.4 Å². The Balaban J connectivity index is 5.86. The maximum Gasteiger partial charge on any atom is 0.393 e. The Morgan fingerprint density at radius 1 is 0.436 bits per heavy atom. The summed E-state index contributed by atoms with van der Waals surface area (Å²) in [4.78, 5) is 26.6. The van der Waals surface area contributed by atoms with Crippen LogP contribution in [0.4, 0.5) is 26.3 Å². The van der Waals surface area contributed by atoms with Gasteiger partial charge < -0.3 is 9.80 Å². The van der Waals surface area contributed by atoms with Gasteiger partial charge in [-0.05, 0) is 25.7 Å². The summed E-state index contributed by atoms with van der Waals surface area (Å²) in [7, 11) is 0. The molecule has 0 fully saturated rings. The van der Waals surface area contributed by atoms with Crippen LogP contribution in [0, 0.1) is 0 Å². The summed E-state index contributed by atoms with van der Waals surface area (Å²) in [6.07, 6.45) is 9.98. The first-order valence-corrected chi connectivity index (χ1v) is 15.1. The Bertz CT molecular complexity index is 598. The minimum atomic E-state index is -6.18. The lowest BCUT2D eigenvalue weighted by Crippen LogP contribution is -2.66. The van der Waals surface area contributed by atoms with E-state index in [1.807, 2.05) is 27.7 Å². The second kappa shape index (κ2) is 19.6. The molecule has 0 radical (unpaired) electrons. The molecule has 0 unspecified atom stereocenters. The van der Waals surface area contributed by atoms with Crippen molar-refractivity contribution in [1.82, 2.24) is 9.80 Å². The van der Waals surface area contributed by atoms with Crippen molar-refractivity contribution in [2.24, 2.45) is 0 Å². The van der Waals surface area contributed by atoms with E-state index in [9.17, 15) is 18.4 Å². The van der Waals surface area contributed by atoms with E-state index in [0.29, 0.717) is 61.2 Å². The Morgan fingerprint density at radius 2 is 0.667 bits per heavy atom. The number of nitrogens with zero attached hydrogens (tertiary/aromatic N) is 2. The molecule has 0 saturated heterocycles. The standard InChI is InChI=1S/C29H52F6N2O2/c1-5-9-13-17-21-36(22-18-14-10-6-2)25(38)27(30,31)29(34,35)28(32,33)26(39)37(23-19-15-11-7-3)24-20-16-12-8-4/h5-24H2,1-4H3. The van der Waals surface area contributed by atoms with E-state index in [4.69, 9.17) is 0 Å². The van der Waals surface area contributed by atoms with Crippen LogP contribution >= 0.6 is 0 Å². The number of alkyl halides is 6. The van der Waals surface area contributed by atoms with Crippen LogP contribution in [0.1, 0.15) is 130 Å². The summed E-state index contributed by atoms with van der Waals surface area (Å²) in [5.41, 5.74) is 0. The predicted molar refractivity (Wildman–Crippen MR) is 145 cm³/mol. The summed E-state index contributed by atoms with van der Waals surface area (Å²) in [5, 5.41) is 0. The van der Waals surface area contributed by atoms with Crippen molar-refractivity contribution in [3.63, 3.8) is 0 Å². The number of rotatable bonds is 24. The zero-order valence-corrected chi connectivity index (χ0v) is 24.6. The van der Waals surface area contributed by atoms with E-state index in [1.54, 1.807) is 0 Å². The van der Waals surface area contributed by atoms with Gasteiger partial charge in [0.25, 0.3) is 11.8 Å². The van der Waals surface area contributed by atoms with Crippen LogP contribution in [0.25, 0.3) is 0 Å². The van der Waals surface area contributed by atoms with Crippen LogP contribution in [0.2, 0.25) is 0 Å². The molecule has 0 aromatic carbocycles. The van der Waals surface area contributed by atoms with E-state index in [-0.39, 0.29) is 26.2 Å². The average Bonchev–Trinajstić information content (AvgIpc) is 2.90. The monoisotopic (exact) mass is 574 g/mol. The van der Waals surface area contributed by atoms with Crippen LogP contribution in [0.3, 0.4) is 0 Å². The lowest BCUT2D eigenvalue weighted by Gasteiger charge is -2.36. The van der Waals surface area contributed by atoms with Gasteiger partial charge in [-0.2, -0.15) is 26.3 Å². The first-order chi connectivity index (χ1) is 18.4. The van der Waals surface area contributed by atoms with Gasteiger partial charge in [0.05, 0.1) is 0 Å². The fourth-order valence-electron chi connectivity index (χ4n) is 4.41. The van der Waals surface area contributed by atoms with Gasteiger partial charge in [0.1, 0.15) is 0 Å². The van der Waals surface area contributed by atoms with E-state index in [2.05, 4.69) is 0 Å². The van der Waals surface area contributed by atoms with E-state index >= 15 is 17.6 Å². The number of carbonyl (C=O) groups is 2. The summed E-state index contributed by atoms with van der Waals surface area (Å²) < 4.78 is 90.1. The molecule has 2 amide bonds. The average molecular weight is 575 g/mol. The third-order valence-corrected chi connectivity index (χ3v) is 7.03. The predicted octanol–water partition coefficient (Wildman–Crippen LogP) is 8.87. The van der Waals surface area contributed by atoms with E-state index in [1.165, 1.54) is 0 Å². The highest BCUT2D eigenvalue weighted by atomic mass is 19.3. The lowest BCUT2D eigenvalue weighted by molar-refractivity contribution is -0.293. The SMILES string of the molecule is CCCCCCN(CCCCCC)C(=O)C(F)(F)C(F)(F)C(F)(F)C(=O)N(CCCCCC)CCCCCC. The second-order valence-electron chi connectivity index (χ2n) is 10.6. The number of hydrogen-bond donors (Lipinski definition) is 0. The third-order valence-electron chi connectivity index (χ3n) is 7.03. The number of halogens is 6. The van der Waals surface area contributed by atoms with Crippen LogP contribution in [-0.4, -0.2) is 65.6 Å². The minimum Gasteiger partial charge on any atom is -0.337 e. The van der Waals surface area contributed by atoms with Crippen LogP contribution in [0.5, 0.6) is 0 Å². The van der Waals surface area contributed by atoms with Gasteiger partial charge in [0, 0.05) is 26.2 Å². The van der Waals surface area contributed by atoms with Crippen molar-refractivity contribution in [1.29, 1.82) is 0 Å². The molecule has 0 aliphatic heterocycles. The molecule has 0 atom stereocenters. The highest BCUT2D eigenvalue weighted by Gasteiger charge is 2.78. The van der Waals surface area contributed by atoms with Gasteiger partial charge in [0.15, 0.2) is 0 Å². The Morgan fingerprint density at radius 3 is 0.872 bits per heavy atom. The quantitative estimate of drug-likeness (QED) is 0.0853. The molecule has 0 heterocycles. The first-order valence-electron chi connectivity index (χ1n) is 15.1. The van der Waals surface area contributed by atoms with Crippen molar-refractivity contribution in [2.75, 3.05) is 26.2 Å². The zero-order chi connectivity index (χ0) is 30.0. The number of hydrogen-bond acceptors (Lipinski definition) is 2. The Hall–Kier alpha value is -1.48. The molecule has 0 bridgehead atoms. The number of amides is 2.